The monoisotopic (exact) mass is 335 g/mol. The number of anilines is 2. The number of hydrogen-bond donors (Lipinski definition) is 2. The molecule has 2 aromatic rings. The summed E-state index contributed by atoms with van der Waals surface area (Å²) < 4.78 is 2.06. The van der Waals surface area contributed by atoms with Crippen molar-refractivity contribution in [2.24, 2.45) is 0 Å². The maximum absolute atomic E-state index is 12.0. The lowest BCUT2D eigenvalue weighted by molar-refractivity contribution is -0.116. The van der Waals surface area contributed by atoms with Crippen molar-refractivity contribution in [2.75, 3.05) is 11.1 Å². The van der Waals surface area contributed by atoms with E-state index in [4.69, 9.17) is 5.73 Å². The predicted octanol–water partition coefficient (Wildman–Crippen LogP) is 2.14. The van der Waals surface area contributed by atoms with Crippen molar-refractivity contribution < 1.29 is 4.79 Å². The molecule has 0 aliphatic rings. The molecule has 0 bridgehead atoms. The second-order valence-electron chi connectivity index (χ2n) is 4.40. The van der Waals surface area contributed by atoms with Gasteiger partial charge in [0.25, 0.3) is 5.56 Å². The standard InChI is InChI=1S/C14H14BrN3O2/c1-9-3-2-4-11(16)14(9)17-12(19)8-18-7-10(15)5-6-13(18)20/h2-7H,8,16H2,1H3,(H,17,19). The van der Waals surface area contributed by atoms with Gasteiger partial charge in [-0.05, 0) is 40.5 Å². The van der Waals surface area contributed by atoms with Crippen LogP contribution in [0.15, 0.2) is 45.8 Å². The molecular formula is C14H14BrN3O2. The van der Waals surface area contributed by atoms with Crippen molar-refractivity contribution in [1.82, 2.24) is 4.57 Å². The third-order valence-electron chi connectivity index (χ3n) is 2.83. The van der Waals surface area contributed by atoms with Gasteiger partial charge in [-0.15, -0.1) is 0 Å². The Morgan fingerprint density at radius 2 is 2.10 bits per heavy atom. The molecule has 1 aromatic carbocycles. The van der Waals surface area contributed by atoms with Crippen molar-refractivity contribution in [2.45, 2.75) is 13.5 Å². The van der Waals surface area contributed by atoms with E-state index in [0.29, 0.717) is 11.4 Å². The molecule has 0 fully saturated rings. The third-order valence-corrected chi connectivity index (χ3v) is 3.30. The number of hydrogen-bond acceptors (Lipinski definition) is 3. The van der Waals surface area contributed by atoms with Crippen LogP contribution in [0.1, 0.15) is 5.56 Å². The molecule has 0 radical (unpaired) electrons. The number of nitrogens with two attached hydrogens (primary N) is 1. The minimum atomic E-state index is -0.300. The maximum Gasteiger partial charge on any atom is 0.251 e. The zero-order valence-electron chi connectivity index (χ0n) is 10.9. The van der Waals surface area contributed by atoms with Crippen LogP contribution in [-0.2, 0) is 11.3 Å². The van der Waals surface area contributed by atoms with Crippen LogP contribution in [-0.4, -0.2) is 10.5 Å². The minimum absolute atomic E-state index is 0.0634. The summed E-state index contributed by atoms with van der Waals surface area (Å²) in [6.07, 6.45) is 1.57. The largest absolute Gasteiger partial charge is 0.397 e. The molecule has 0 saturated heterocycles. The van der Waals surface area contributed by atoms with Crippen LogP contribution in [0.4, 0.5) is 11.4 Å². The van der Waals surface area contributed by atoms with Crippen molar-refractivity contribution in [3.8, 4) is 0 Å². The van der Waals surface area contributed by atoms with Crippen LogP contribution in [0.25, 0.3) is 0 Å². The fraction of sp³-hybridized carbons (Fsp3) is 0.143. The highest BCUT2D eigenvalue weighted by Crippen LogP contribution is 2.22. The number of nitrogens with one attached hydrogen (secondary N) is 1. The van der Waals surface area contributed by atoms with Gasteiger partial charge < -0.3 is 15.6 Å². The first-order valence-electron chi connectivity index (χ1n) is 5.98. The maximum atomic E-state index is 12.0. The molecule has 0 aliphatic carbocycles. The van der Waals surface area contributed by atoms with E-state index < -0.39 is 0 Å². The van der Waals surface area contributed by atoms with E-state index in [1.165, 1.54) is 10.6 Å². The van der Waals surface area contributed by atoms with Crippen LogP contribution in [0.3, 0.4) is 0 Å². The Kier molecular flexibility index (Phi) is 4.24. The number of aromatic nitrogens is 1. The summed E-state index contributed by atoms with van der Waals surface area (Å²) in [4.78, 5) is 23.6. The highest BCUT2D eigenvalue weighted by molar-refractivity contribution is 9.10. The quantitative estimate of drug-likeness (QED) is 0.843. The molecule has 20 heavy (non-hydrogen) atoms. The molecule has 6 heteroatoms. The number of aryl methyl sites for hydroxylation is 1. The molecule has 104 valence electrons. The zero-order chi connectivity index (χ0) is 14.7. The van der Waals surface area contributed by atoms with E-state index in [-0.39, 0.29) is 18.0 Å². The minimum Gasteiger partial charge on any atom is -0.397 e. The number of carbonyl (C=O) groups excluding carboxylic acids is 1. The van der Waals surface area contributed by atoms with Gasteiger partial charge in [0.2, 0.25) is 5.91 Å². The van der Waals surface area contributed by atoms with Gasteiger partial charge in [0, 0.05) is 16.7 Å². The molecule has 0 aliphatic heterocycles. The van der Waals surface area contributed by atoms with Gasteiger partial charge >= 0.3 is 0 Å². The van der Waals surface area contributed by atoms with Gasteiger partial charge in [0.05, 0.1) is 11.4 Å². The summed E-state index contributed by atoms with van der Waals surface area (Å²) in [7, 11) is 0. The van der Waals surface area contributed by atoms with Crippen molar-refractivity contribution in [3.63, 3.8) is 0 Å². The van der Waals surface area contributed by atoms with E-state index in [9.17, 15) is 9.59 Å². The average molecular weight is 336 g/mol. The summed E-state index contributed by atoms with van der Waals surface area (Å²) in [5.74, 6) is -0.300. The summed E-state index contributed by atoms with van der Waals surface area (Å²) in [6, 6.07) is 8.43. The highest BCUT2D eigenvalue weighted by atomic mass is 79.9. The molecule has 2 rings (SSSR count). The first kappa shape index (κ1) is 14.3. The van der Waals surface area contributed by atoms with Crippen LogP contribution in [0.2, 0.25) is 0 Å². The second-order valence-corrected chi connectivity index (χ2v) is 5.32. The molecule has 1 aromatic heterocycles. The van der Waals surface area contributed by atoms with E-state index in [1.807, 2.05) is 19.1 Å². The Morgan fingerprint density at radius 3 is 2.80 bits per heavy atom. The zero-order valence-corrected chi connectivity index (χ0v) is 12.5. The first-order valence-corrected chi connectivity index (χ1v) is 6.77. The second kappa shape index (κ2) is 5.92. The number of para-hydroxylation sites is 1. The van der Waals surface area contributed by atoms with E-state index in [2.05, 4.69) is 21.2 Å². The number of rotatable bonds is 3. The van der Waals surface area contributed by atoms with Gasteiger partial charge in [-0.1, -0.05) is 12.1 Å². The number of pyridine rings is 1. The summed E-state index contributed by atoms with van der Waals surface area (Å²) in [5.41, 5.74) is 7.55. The van der Waals surface area contributed by atoms with E-state index in [0.717, 1.165) is 10.0 Å². The Morgan fingerprint density at radius 1 is 1.35 bits per heavy atom. The molecule has 1 amide bonds. The molecule has 1 heterocycles. The topological polar surface area (TPSA) is 77.1 Å². The number of amides is 1. The molecule has 0 atom stereocenters. The molecule has 5 nitrogen and oxygen atoms in total. The Bertz CT molecular complexity index is 690. The fourth-order valence-corrected chi connectivity index (χ4v) is 2.20. The lowest BCUT2D eigenvalue weighted by Crippen LogP contribution is -2.27. The first-order chi connectivity index (χ1) is 9.47. The molecular weight excluding hydrogens is 322 g/mol. The van der Waals surface area contributed by atoms with Crippen LogP contribution < -0.4 is 16.6 Å². The molecule has 3 N–H and O–H groups in total. The Labute approximate surface area is 124 Å². The normalized spacial score (nSPS) is 10.3. The van der Waals surface area contributed by atoms with Crippen LogP contribution >= 0.6 is 15.9 Å². The lowest BCUT2D eigenvalue weighted by atomic mass is 10.1. The van der Waals surface area contributed by atoms with Crippen molar-refractivity contribution >= 4 is 33.2 Å². The molecule has 0 unspecified atom stereocenters. The summed E-state index contributed by atoms with van der Waals surface area (Å²) in [5, 5.41) is 2.73. The average Bonchev–Trinajstić information content (AvgIpc) is 2.38. The fourth-order valence-electron chi connectivity index (χ4n) is 1.82. The number of benzene rings is 1. The smallest absolute Gasteiger partial charge is 0.251 e. The van der Waals surface area contributed by atoms with Gasteiger partial charge in [-0.3, -0.25) is 9.59 Å². The number of carbonyl (C=O) groups is 1. The predicted molar refractivity (Wildman–Crippen MR) is 82.6 cm³/mol. The van der Waals surface area contributed by atoms with Gasteiger partial charge in [0.15, 0.2) is 0 Å². The highest BCUT2D eigenvalue weighted by Gasteiger charge is 2.09. The van der Waals surface area contributed by atoms with Crippen LogP contribution in [0, 0.1) is 6.92 Å². The number of nitrogens with zero attached hydrogens (tertiary/aromatic N) is 1. The number of nitrogen functional groups attached to an aromatic ring is 1. The molecule has 0 saturated carbocycles. The van der Waals surface area contributed by atoms with Crippen molar-refractivity contribution in [1.29, 1.82) is 0 Å². The third kappa shape index (κ3) is 3.27. The SMILES string of the molecule is Cc1cccc(N)c1NC(=O)Cn1cc(Br)ccc1=O. The van der Waals surface area contributed by atoms with Crippen molar-refractivity contribution in [3.05, 3.63) is 56.9 Å². The van der Waals surface area contributed by atoms with Crippen LogP contribution in [0.5, 0.6) is 0 Å². The lowest BCUT2D eigenvalue weighted by Gasteiger charge is -2.12. The Balaban J connectivity index is 2.17. The van der Waals surface area contributed by atoms with E-state index >= 15 is 0 Å². The number of halogens is 1. The summed E-state index contributed by atoms with van der Waals surface area (Å²) >= 11 is 3.26. The van der Waals surface area contributed by atoms with Gasteiger partial charge in [0.1, 0.15) is 6.54 Å². The van der Waals surface area contributed by atoms with Gasteiger partial charge in [-0.25, -0.2) is 0 Å². The summed E-state index contributed by atoms with van der Waals surface area (Å²) in [6.45, 7) is 1.79. The van der Waals surface area contributed by atoms with E-state index in [1.54, 1.807) is 18.3 Å². The Hall–Kier alpha value is -2.08. The molecule has 0 spiro atoms. The van der Waals surface area contributed by atoms with Gasteiger partial charge in [-0.2, -0.15) is 0 Å².